The van der Waals surface area contributed by atoms with E-state index in [0.29, 0.717) is 18.0 Å². The third kappa shape index (κ3) is 5.84. The summed E-state index contributed by atoms with van der Waals surface area (Å²) in [5.74, 6) is -0.431. The number of benzene rings is 2. The van der Waals surface area contributed by atoms with Crippen LogP contribution in [0.3, 0.4) is 0 Å². The third-order valence-corrected chi connectivity index (χ3v) is 4.94. The summed E-state index contributed by atoms with van der Waals surface area (Å²) in [5.41, 5.74) is 1.91. The number of nitrogens with one attached hydrogen (secondary N) is 1. The predicted molar refractivity (Wildman–Crippen MR) is 102 cm³/mol. The first-order valence-corrected chi connectivity index (χ1v) is 10.0. The van der Waals surface area contributed by atoms with Crippen LogP contribution in [0.15, 0.2) is 53.0 Å². The van der Waals surface area contributed by atoms with Gasteiger partial charge in [-0.25, -0.2) is 8.42 Å². The molecule has 1 N–H and O–H groups in total. The van der Waals surface area contributed by atoms with E-state index in [9.17, 15) is 13.2 Å². The number of carbonyl (C=O) groups is 1. The summed E-state index contributed by atoms with van der Waals surface area (Å²) in [6.07, 6.45) is 1.07. The number of anilines is 2. The molecule has 2 rings (SSSR count). The van der Waals surface area contributed by atoms with Gasteiger partial charge < -0.3 is 10.1 Å². The Hall–Kier alpha value is -1.90. The van der Waals surface area contributed by atoms with E-state index in [4.69, 9.17) is 4.74 Å². The van der Waals surface area contributed by atoms with Crippen LogP contribution in [0.25, 0.3) is 0 Å². The molecular formula is C17H19BrN2O4S. The third-order valence-electron chi connectivity index (χ3n) is 3.31. The maximum absolute atomic E-state index is 12.3. The SMILES string of the molecule is COCc1cccc(NC(=O)CN(c2cccc(Br)c2)S(C)(=O)=O)c1. The van der Waals surface area contributed by atoms with E-state index in [-0.39, 0.29) is 6.54 Å². The fraction of sp³-hybridized carbons (Fsp3) is 0.235. The molecular weight excluding hydrogens is 408 g/mol. The van der Waals surface area contributed by atoms with Crippen LogP contribution in [0, 0.1) is 0 Å². The second-order valence-electron chi connectivity index (χ2n) is 5.43. The van der Waals surface area contributed by atoms with Crippen LogP contribution in [0.1, 0.15) is 5.56 Å². The average molecular weight is 427 g/mol. The molecule has 134 valence electrons. The molecule has 2 aromatic rings. The zero-order valence-corrected chi connectivity index (χ0v) is 16.3. The Morgan fingerprint density at radius 1 is 1.20 bits per heavy atom. The van der Waals surface area contributed by atoms with Crippen molar-refractivity contribution in [3.63, 3.8) is 0 Å². The van der Waals surface area contributed by atoms with Gasteiger partial charge in [-0.2, -0.15) is 0 Å². The largest absolute Gasteiger partial charge is 0.380 e. The first-order valence-electron chi connectivity index (χ1n) is 7.40. The molecule has 0 fully saturated rings. The number of hydrogen-bond acceptors (Lipinski definition) is 4. The fourth-order valence-electron chi connectivity index (χ4n) is 2.27. The van der Waals surface area contributed by atoms with E-state index in [1.165, 1.54) is 0 Å². The minimum atomic E-state index is -3.61. The lowest BCUT2D eigenvalue weighted by Gasteiger charge is -2.22. The lowest BCUT2D eigenvalue weighted by atomic mass is 10.2. The minimum absolute atomic E-state index is 0.316. The summed E-state index contributed by atoms with van der Waals surface area (Å²) in [5, 5.41) is 2.72. The Labute approximate surface area is 156 Å². The Kier molecular flexibility index (Phi) is 6.57. The van der Waals surface area contributed by atoms with Gasteiger partial charge in [-0.05, 0) is 35.9 Å². The number of nitrogens with zero attached hydrogens (tertiary/aromatic N) is 1. The predicted octanol–water partition coefficient (Wildman–Crippen LogP) is 3.00. The van der Waals surface area contributed by atoms with Gasteiger partial charge in [-0.15, -0.1) is 0 Å². The molecule has 0 aliphatic carbocycles. The summed E-state index contributed by atoms with van der Waals surface area (Å²) in [6.45, 7) is 0.112. The Morgan fingerprint density at radius 2 is 1.92 bits per heavy atom. The molecule has 0 bridgehead atoms. The highest BCUT2D eigenvalue weighted by atomic mass is 79.9. The highest BCUT2D eigenvalue weighted by molar-refractivity contribution is 9.10. The lowest BCUT2D eigenvalue weighted by Crippen LogP contribution is -2.37. The molecule has 25 heavy (non-hydrogen) atoms. The van der Waals surface area contributed by atoms with Crippen molar-refractivity contribution in [2.24, 2.45) is 0 Å². The Morgan fingerprint density at radius 3 is 2.56 bits per heavy atom. The molecule has 6 nitrogen and oxygen atoms in total. The van der Waals surface area contributed by atoms with Gasteiger partial charge in [-0.3, -0.25) is 9.10 Å². The zero-order valence-electron chi connectivity index (χ0n) is 13.9. The van der Waals surface area contributed by atoms with Crippen LogP contribution in [-0.2, 0) is 26.2 Å². The summed E-state index contributed by atoms with van der Waals surface area (Å²) in [6, 6.07) is 14.0. The molecule has 0 saturated carbocycles. The minimum Gasteiger partial charge on any atom is -0.380 e. The molecule has 0 aromatic heterocycles. The van der Waals surface area contributed by atoms with Crippen molar-refractivity contribution in [3.05, 3.63) is 58.6 Å². The summed E-state index contributed by atoms with van der Waals surface area (Å²) in [4.78, 5) is 12.3. The molecule has 0 radical (unpaired) electrons. The second kappa shape index (κ2) is 8.46. The molecule has 0 saturated heterocycles. The quantitative estimate of drug-likeness (QED) is 0.737. The number of sulfonamides is 1. The summed E-state index contributed by atoms with van der Waals surface area (Å²) in [7, 11) is -2.02. The molecule has 8 heteroatoms. The van der Waals surface area contributed by atoms with Crippen molar-refractivity contribution in [1.82, 2.24) is 0 Å². The monoisotopic (exact) mass is 426 g/mol. The van der Waals surface area contributed by atoms with Crippen LogP contribution < -0.4 is 9.62 Å². The molecule has 0 spiro atoms. The van der Waals surface area contributed by atoms with Gasteiger partial charge in [0, 0.05) is 17.3 Å². The standard InChI is InChI=1S/C17H19BrN2O4S/c1-24-12-13-5-3-7-15(9-13)19-17(21)11-20(25(2,22)23)16-8-4-6-14(18)10-16/h3-10H,11-12H2,1-2H3,(H,19,21). The Balaban J connectivity index is 2.16. The first-order chi connectivity index (χ1) is 11.8. The first kappa shape index (κ1) is 19.4. The van der Waals surface area contributed by atoms with Crippen LogP contribution in [0.2, 0.25) is 0 Å². The zero-order chi connectivity index (χ0) is 18.4. The van der Waals surface area contributed by atoms with E-state index < -0.39 is 15.9 Å². The lowest BCUT2D eigenvalue weighted by molar-refractivity contribution is -0.114. The number of ether oxygens (including phenoxy) is 1. The number of rotatable bonds is 7. The van der Waals surface area contributed by atoms with Crippen molar-refractivity contribution in [2.75, 3.05) is 29.5 Å². The van der Waals surface area contributed by atoms with Gasteiger partial charge in [0.05, 0.1) is 18.6 Å². The normalized spacial score (nSPS) is 11.2. The number of amides is 1. The molecule has 0 atom stereocenters. The van der Waals surface area contributed by atoms with Crippen molar-refractivity contribution in [2.45, 2.75) is 6.61 Å². The van der Waals surface area contributed by atoms with E-state index in [1.807, 2.05) is 6.07 Å². The van der Waals surface area contributed by atoms with Gasteiger partial charge in [0.1, 0.15) is 6.54 Å². The average Bonchev–Trinajstić information content (AvgIpc) is 2.52. The van der Waals surface area contributed by atoms with E-state index in [0.717, 1.165) is 20.6 Å². The number of hydrogen-bond donors (Lipinski definition) is 1. The van der Waals surface area contributed by atoms with Gasteiger partial charge >= 0.3 is 0 Å². The molecule has 0 unspecified atom stereocenters. The van der Waals surface area contributed by atoms with Gasteiger partial charge in [0.2, 0.25) is 15.9 Å². The van der Waals surface area contributed by atoms with Gasteiger partial charge in [0.25, 0.3) is 0 Å². The van der Waals surface area contributed by atoms with Crippen LogP contribution >= 0.6 is 15.9 Å². The molecule has 0 heterocycles. The van der Waals surface area contributed by atoms with Gasteiger partial charge in [0.15, 0.2) is 0 Å². The maximum atomic E-state index is 12.3. The van der Waals surface area contributed by atoms with Crippen LogP contribution in [0.5, 0.6) is 0 Å². The molecule has 0 aliphatic rings. The van der Waals surface area contributed by atoms with E-state index >= 15 is 0 Å². The van der Waals surface area contributed by atoms with Crippen molar-refractivity contribution < 1.29 is 17.9 Å². The molecule has 2 aromatic carbocycles. The highest BCUT2D eigenvalue weighted by Crippen LogP contribution is 2.22. The van der Waals surface area contributed by atoms with E-state index in [2.05, 4.69) is 21.2 Å². The Bertz CT molecular complexity index is 855. The topological polar surface area (TPSA) is 75.7 Å². The second-order valence-corrected chi connectivity index (χ2v) is 8.25. The van der Waals surface area contributed by atoms with Crippen molar-refractivity contribution >= 4 is 43.2 Å². The molecule has 1 amide bonds. The van der Waals surface area contributed by atoms with E-state index in [1.54, 1.807) is 49.6 Å². The number of methoxy groups -OCH3 is 1. The van der Waals surface area contributed by atoms with Gasteiger partial charge in [-0.1, -0.05) is 34.1 Å². The highest BCUT2D eigenvalue weighted by Gasteiger charge is 2.21. The number of carbonyl (C=O) groups excluding carboxylic acids is 1. The smallest absolute Gasteiger partial charge is 0.245 e. The number of halogens is 1. The summed E-state index contributed by atoms with van der Waals surface area (Å²) >= 11 is 3.31. The van der Waals surface area contributed by atoms with Crippen molar-refractivity contribution in [1.29, 1.82) is 0 Å². The maximum Gasteiger partial charge on any atom is 0.245 e. The van der Waals surface area contributed by atoms with Crippen LogP contribution in [-0.4, -0.2) is 34.2 Å². The molecule has 0 aliphatic heterocycles. The fourth-order valence-corrected chi connectivity index (χ4v) is 3.50. The van der Waals surface area contributed by atoms with Crippen LogP contribution in [0.4, 0.5) is 11.4 Å². The summed E-state index contributed by atoms with van der Waals surface area (Å²) < 4.78 is 31.0. The van der Waals surface area contributed by atoms with Crippen molar-refractivity contribution in [3.8, 4) is 0 Å².